The van der Waals surface area contributed by atoms with Crippen molar-refractivity contribution in [3.05, 3.63) is 35.0 Å². The Morgan fingerprint density at radius 3 is 2.87 bits per heavy atom. The van der Waals surface area contributed by atoms with E-state index in [1.807, 2.05) is 37.3 Å². The molecule has 0 aliphatic heterocycles. The van der Waals surface area contributed by atoms with Crippen LogP contribution < -0.4 is 5.73 Å². The van der Waals surface area contributed by atoms with Gasteiger partial charge in [-0.15, -0.1) is 11.3 Å². The quantitative estimate of drug-likeness (QED) is 0.743. The third-order valence-corrected chi connectivity index (χ3v) is 3.15. The van der Waals surface area contributed by atoms with Crippen LogP contribution in [0.1, 0.15) is 10.7 Å². The number of nitrogen functional groups attached to an aromatic ring is 1. The average molecular weight is 215 g/mol. The first-order valence-corrected chi connectivity index (χ1v) is 5.26. The Kier molecular flexibility index (Phi) is 2.40. The molecule has 1 aromatic heterocycles. The van der Waals surface area contributed by atoms with Gasteiger partial charge in [-0.1, -0.05) is 12.1 Å². The number of thiazole rings is 1. The van der Waals surface area contributed by atoms with E-state index in [1.165, 1.54) is 11.3 Å². The zero-order valence-electron chi connectivity index (χ0n) is 8.19. The molecule has 74 valence electrons. The molecule has 0 amide bonds. The molecule has 0 saturated carbocycles. The standard InChI is InChI=1S/C11H9N3S/c1-7-11(15-10(6-12)14-7)8-3-2-4-9(13)5-8/h2-5H,13H2,1H3. The lowest BCUT2D eigenvalue weighted by molar-refractivity contribution is 1.24. The van der Waals surface area contributed by atoms with Gasteiger partial charge in [0, 0.05) is 5.69 Å². The Balaban J connectivity index is 2.54. The summed E-state index contributed by atoms with van der Waals surface area (Å²) in [6.07, 6.45) is 0. The summed E-state index contributed by atoms with van der Waals surface area (Å²) < 4.78 is 0. The summed E-state index contributed by atoms with van der Waals surface area (Å²) in [6.45, 7) is 1.90. The minimum Gasteiger partial charge on any atom is -0.399 e. The van der Waals surface area contributed by atoms with Crippen LogP contribution >= 0.6 is 11.3 Å². The van der Waals surface area contributed by atoms with Crippen molar-refractivity contribution >= 4 is 17.0 Å². The Bertz CT molecular complexity index is 537. The highest BCUT2D eigenvalue weighted by molar-refractivity contribution is 7.15. The topological polar surface area (TPSA) is 62.7 Å². The fraction of sp³-hybridized carbons (Fsp3) is 0.0909. The number of rotatable bonds is 1. The maximum absolute atomic E-state index is 8.75. The van der Waals surface area contributed by atoms with Crippen LogP contribution in [-0.2, 0) is 0 Å². The first kappa shape index (κ1) is 9.69. The minimum absolute atomic E-state index is 0.491. The minimum atomic E-state index is 0.491. The molecule has 2 aromatic rings. The van der Waals surface area contributed by atoms with Gasteiger partial charge in [0.2, 0.25) is 0 Å². The van der Waals surface area contributed by atoms with E-state index in [1.54, 1.807) is 0 Å². The molecule has 1 heterocycles. The smallest absolute Gasteiger partial charge is 0.195 e. The number of nitrogens with zero attached hydrogens (tertiary/aromatic N) is 2. The molecule has 15 heavy (non-hydrogen) atoms. The molecule has 0 fully saturated rings. The van der Waals surface area contributed by atoms with Crippen molar-refractivity contribution in [3.8, 4) is 16.5 Å². The highest BCUT2D eigenvalue weighted by Crippen LogP contribution is 2.30. The van der Waals surface area contributed by atoms with Crippen molar-refractivity contribution in [2.24, 2.45) is 0 Å². The summed E-state index contributed by atoms with van der Waals surface area (Å²) in [6, 6.07) is 9.65. The van der Waals surface area contributed by atoms with Gasteiger partial charge in [-0.25, -0.2) is 4.98 Å². The fourth-order valence-corrected chi connectivity index (χ4v) is 2.25. The van der Waals surface area contributed by atoms with E-state index in [2.05, 4.69) is 4.98 Å². The lowest BCUT2D eigenvalue weighted by Gasteiger charge is -1.99. The molecule has 0 aliphatic carbocycles. The Morgan fingerprint density at radius 2 is 2.27 bits per heavy atom. The number of hydrogen-bond donors (Lipinski definition) is 1. The SMILES string of the molecule is Cc1nc(C#N)sc1-c1cccc(N)c1. The van der Waals surface area contributed by atoms with E-state index in [9.17, 15) is 0 Å². The van der Waals surface area contributed by atoms with Gasteiger partial charge in [-0.3, -0.25) is 0 Å². The second kappa shape index (κ2) is 3.71. The summed E-state index contributed by atoms with van der Waals surface area (Å²) >= 11 is 1.39. The molecule has 0 radical (unpaired) electrons. The number of nitriles is 1. The monoisotopic (exact) mass is 215 g/mol. The maximum atomic E-state index is 8.75. The van der Waals surface area contributed by atoms with Crippen molar-refractivity contribution in [1.29, 1.82) is 5.26 Å². The molecular weight excluding hydrogens is 206 g/mol. The second-order valence-corrected chi connectivity index (χ2v) is 4.17. The molecule has 3 nitrogen and oxygen atoms in total. The van der Waals surface area contributed by atoms with E-state index < -0.39 is 0 Å². The largest absolute Gasteiger partial charge is 0.399 e. The number of aryl methyl sites for hydroxylation is 1. The number of hydrogen-bond acceptors (Lipinski definition) is 4. The maximum Gasteiger partial charge on any atom is 0.195 e. The number of benzene rings is 1. The summed E-state index contributed by atoms with van der Waals surface area (Å²) in [5.74, 6) is 0. The summed E-state index contributed by atoms with van der Waals surface area (Å²) in [5, 5.41) is 9.24. The van der Waals surface area contributed by atoms with Gasteiger partial charge in [0.15, 0.2) is 5.01 Å². The highest BCUT2D eigenvalue weighted by Gasteiger charge is 2.08. The van der Waals surface area contributed by atoms with Crippen molar-refractivity contribution in [1.82, 2.24) is 4.98 Å². The fourth-order valence-electron chi connectivity index (χ4n) is 1.39. The highest BCUT2D eigenvalue weighted by atomic mass is 32.1. The van der Waals surface area contributed by atoms with E-state index >= 15 is 0 Å². The summed E-state index contributed by atoms with van der Waals surface area (Å²) in [4.78, 5) is 5.16. The molecule has 0 bridgehead atoms. The molecule has 0 atom stereocenters. The number of nitrogens with two attached hydrogens (primary N) is 1. The van der Waals surface area contributed by atoms with E-state index in [0.29, 0.717) is 5.01 Å². The van der Waals surface area contributed by atoms with Gasteiger partial charge in [0.05, 0.1) is 10.6 Å². The molecular formula is C11H9N3S. The normalized spacial score (nSPS) is 9.87. The Hall–Kier alpha value is -1.86. The van der Waals surface area contributed by atoms with Gasteiger partial charge in [0.25, 0.3) is 0 Å². The van der Waals surface area contributed by atoms with Crippen LogP contribution in [0.4, 0.5) is 5.69 Å². The summed E-state index contributed by atoms with van der Waals surface area (Å²) in [7, 11) is 0. The van der Waals surface area contributed by atoms with Crippen molar-refractivity contribution in [2.75, 3.05) is 5.73 Å². The molecule has 2 rings (SSSR count). The predicted molar refractivity (Wildman–Crippen MR) is 61.4 cm³/mol. The van der Waals surface area contributed by atoms with Crippen LogP contribution in [0.5, 0.6) is 0 Å². The van der Waals surface area contributed by atoms with Crippen LogP contribution in [0.25, 0.3) is 10.4 Å². The first-order chi connectivity index (χ1) is 7.20. The van der Waals surface area contributed by atoms with E-state index in [4.69, 9.17) is 11.0 Å². The third kappa shape index (κ3) is 1.83. The Morgan fingerprint density at radius 1 is 1.47 bits per heavy atom. The van der Waals surface area contributed by atoms with E-state index in [-0.39, 0.29) is 0 Å². The average Bonchev–Trinajstić information content (AvgIpc) is 2.60. The first-order valence-electron chi connectivity index (χ1n) is 4.44. The second-order valence-electron chi connectivity index (χ2n) is 3.17. The molecule has 0 saturated heterocycles. The van der Waals surface area contributed by atoms with Crippen LogP contribution in [-0.4, -0.2) is 4.98 Å². The zero-order chi connectivity index (χ0) is 10.8. The van der Waals surface area contributed by atoms with Gasteiger partial charge in [-0.2, -0.15) is 5.26 Å². The van der Waals surface area contributed by atoms with Gasteiger partial charge < -0.3 is 5.73 Å². The third-order valence-electron chi connectivity index (χ3n) is 2.04. The van der Waals surface area contributed by atoms with E-state index in [0.717, 1.165) is 21.8 Å². The lowest BCUT2D eigenvalue weighted by atomic mass is 10.1. The molecule has 0 unspecified atom stereocenters. The molecule has 1 aromatic carbocycles. The van der Waals surface area contributed by atoms with Crippen molar-refractivity contribution in [2.45, 2.75) is 6.92 Å². The molecule has 0 aliphatic rings. The molecule has 2 N–H and O–H groups in total. The van der Waals surface area contributed by atoms with Crippen LogP contribution in [0.3, 0.4) is 0 Å². The van der Waals surface area contributed by atoms with Gasteiger partial charge in [0.1, 0.15) is 6.07 Å². The lowest BCUT2D eigenvalue weighted by Crippen LogP contribution is -1.84. The zero-order valence-corrected chi connectivity index (χ0v) is 9.01. The molecule has 0 spiro atoms. The summed E-state index contributed by atoms with van der Waals surface area (Å²) in [5.41, 5.74) is 8.32. The van der Waals surface area contributed by atoms with Crippen LogP contribution in [0, 0.1) is 18.3 Å². The van der Waals surface area contributed by atoms with Gasteiger partial charge in [-0.05, 0) is 24.6 Å². The predicted octanol–water partition coefficient (Wildman–Crippen LogP) is 2.57. The van der Waals surface area contributed by atoms with Gasteiger partial charge >= 0.3 is 0 Å². The van der Waals surface area contributed by atoms with Crippen LogP contribution in [0.2, 0.25) is 0 Å². The Labute approximate surface area is 91.8 Å². The molecule has 4 heteroatoms. The van der Waals surface area contributed by atoms with Crippen LogP contribution in [0.15, 0.2) is 24.3 Å². The van der Waals surface area contributed by atoms with Crippen molar-refractivity contribution < 1.29 is 0 Å². The number of anilines is 1. The number of aromatic nitrogens is 1. The van der Waals surface area contributed by atoms with Crippen molar-refractivity contribution in [3.63, 3.8) is 0 Å².